The van der Waals surface area contributed by atoms with Crippen LogP contribution >= 0.6 is 21.6 Å². The number of hydrogen-bond acceptors (Lipinski definition) is 4. The van der Waals surface area contributed by atoms with Crippen LogP contribution < -0.4 is 0 Å². The van der Waals surface area contributed by atoms with Gasteiger partial charge in [0.1, 0.15) is 0 Å². The summed E-state index contributed by atoms with van der Waals surface area (Å²) < 4.78 is 0. The third-order valence-corrected chi connectivity index (χ3v) is 2.53. The van der Waals surface area contributed by atoms with Crippen LogP contribution in [0.3, 0.4) is 0 Å². The van der Waals surface area contributed by atoms with E-state index in [0.717, 1.165) is 12.2 Å². The van der Waals surface area contributed by atoms with Crippen molar-refractivity contribution in [2.75, 3.05) is 5.75 Å². The summed E-state index contributed by atoms with van der Waals surface area (Å²) in [5, 5.41) is 17.5. The molecule has 0 aromatic carbocycles. The van der Waals surface area contributed by atoms with Crippen molar-refractivity contribution in [1.29, 1.82) is 10.5 Å². The first-order chi connectivity index (χ1) is 5.41. The maximum atomic E-state index is 7.71. The Balaban J connectivity index is 0. The molecular formula is C7H7N2NaS2. The molecule has 0 unspecified atom stereocenters. The van der Waals surface area contributed by atoms with Crippen LogP contribution in [0.1, 0.15) is 0 Å². The number of hydrogen-bond donors (Lipinski definition) is 0. The van der Waals surface area contributed by atoms with Crippen LogP contribution in [-0.2, 0) is 0 Å². The van der Waals surface area contributed by atoms with Crippen molar-refractivity contribution in [3.05, 3.63) is 23.6 Å². The molecule has 2 nitrogen and oxygen atoms in total. The van der Waals surface area contributed by atoms with E-state index in [2.05, 4.69) is 11.5 Å². The Morgan fingerprint density at radius 1 is 1.25 bits per heavy atom. The second kappa shape index (κ2) is 13.7. The average Bonchev–Trinajstić information content (AvgIpc) is 2.57. The fourth-order valence-corrected chi connectivity index (χ4v) is 1.84. The van der Waals surface area contributed by atoms with Gasteiger partial charge in [0.15, 0.2) is 0 Å². The Morgan fingerprint density at radius 2 is 1.83 bits per heavy atom. The van der Waals surface area contributed by atoms with Crippen molar-refractivity contribution in [3.8, 4) is 12.1 Å². The third kappa shape index (κ3) is 12.8. The van der Waals surface area contributed by atoms with E-state index in [1.807, 2.05) is 21.6 Å². The summed E-state index contributed by atoms with van der Waals surface area (Å²) in [5.41, 5.74) is 0. The first-order valence-electron chi connectivity index (χ1n) is 2.79. The van der Waals surface area contributed by atoms with Gasteiger partial charge in [-0.2, -0.15) is 10.5 Å². The van der Waals surface area contributed by atoms with Crippen molar-refractivity contribution >= 4 is 51.1 Å². The Morgan fingerprint density at radius 3 is 2.00 bits per heavy atom. The number of nitriles is 2. The van der Waals surface area contributed by atoms with E-state index in [0.29, 0.717) is 0 Å². The van der Waals surface area contributed by atoms with Crippen LogP contribution in [0.5, 0.6) is 0 Å². The van der Waals surface area contributed by atoms with Gasteiger partial charge in [0.2, 0.25) is 0 Å². The van der Waals surface area contributed by atoms with Crippen molar-refractivity contribution in [2.24, 2.45) is 0 Å². The summed E-state index contributed by atoms with van der Waals surface area (Å²) in [7, 11) is 3.69. The molecule has 0 aromatic heterocycles. The number of allylic oxidation sites excluding steroid dienone is 2. The van der Waals surface area contributed by atoms with E-state index in [1.165, 1.54) is 5.75 Å². The molecule has 0 amide bonds. The quantitative estimate of drug-likeness (QED) is 0.344. The molecule has 1 heterocycles. The monoisotopic (exact) mass is 206 g/mol. The van der Waals surface area contributed by atoms with Gasteiger partial charge in [0.05, 0.1) is 12.1 Å². The van der Waals surface area contributed by atoms with E-state index < -0.39 is 0 Å². The zero-order valence-electron chi connectivity index (χ0n) is 5.73. The standard InChI is InChI=1S/C4H2N2.C3H4S2.Na.H/c5-3-1-2-4-6;1-2-4-5-3-1;;/h1-2H;1-2H,3H2;;/b2-1+;;;. The minimum absolute atomic E-state index is 0. The first kappa shape index (κ1) is 14.7. The van der Waals surface area contributed by atoms with Gasteiger partial charge in [0, 0.05) is 17.9 Å². The fourth-order valence-electron chi connectivity index (χ4n) is 0.271. The van der Waals surface area contributed by atoms with E-state index in [1.54, 1.807) is 12.1 Å². The van der Waals surface area contributed by atoms with Crippen LogP contribution in [0.25, 0.3) is 0 Å². The Labute approximate surface area is 102 Å². The molecule has 0 fully saturated rings. The van der Waals surface area contributed by atoms with Crippen molar-refractivity contribution in [3.63, 3.8) is 0 Å². The SMILES string of the molecule is C1=CSSC1.N#C/C=C/C#N.[NaH]. The van der Waals surface area contributed by atoms with Crippen LogP contribution in [-0.4, -0.2) is 35.3 Å². The summed E-state index contributed by atoms with van der Waals surface area (Å²) in [6.07, 6.45) is 4.41. The molecule has 5 heteroatoms. The predicted octanol–water partition coefficient (Wildman–Crippen LogP) is 1.84. The van der Waals surface area contributed by atoms with E-state index in [4.69, 9.17) is 10.5 Å². The van der Waals surface area contributed by atoms with Crippen LogP contribution in [0.4, 0.5) is 0 Å². The van der Waals surface area contributed by atoms with Gasteiger partial charge in [-0.05, 0) is 5.41 Å². The van der Waals surface area contributed by atoms with Gasteiger partial charge >= 0.3 is 29.6 Å². The normalized spacial score (nSPS) is 12.2. The van der Waals surface area contributed by atoms with Crippen LogP contribution in [0.15, 0.2) is 23.6 Å². The molecule has 1 aliphatic rings. The third-order valence-electron chi connectivity index (χ3n) is 0.616. The van der Waals surface area contributed by atoms with E-state index in [9.17, 15) is 0 Å². The molecule has 0 saturated carbocycles. The summed E-state index contributed by atoms with van der Waals surface area (Å²) >= 11 is 0. The summed E-state index contributed by atoms with van der Waals surface area (Å²) in [4.78, 5) is 0. The fraction of sp³-hybridized carbons (Fsp3) is 0.143. The summed E-state index contributed by atoms with van der Waals surface area (Å²) in [6, 6.07) is 3.33. The molecular weight excluding hydrogens is 199 g/mol. The summed E-state index contributed by atoms with van der Waals surface area (Å²) in [6.45, 7) is 0. The first-order valence-corrected chi connectivity index (χ1v) is 5.17. The molecule has 0 N–H and O–H groups in total. The molecule has 0 saturated heterocycles. The van der Waals surface area contributed by atoms with Gasteiger partial charge in [-0.15, -0.1) is 0 Å². The van der Waals surface area contributed by atoms with Crippen LogP contribution in [0.2, 0.25) is 0 Å². The van der Waals surface area contributed by atoms with Crippen molar-refractivity contribution < 1.29 is 0 Å². The summed E-state index contributed by atoms with van der Waals surface area (Å²) in [5.74, 6) is 1.20. The minimum atomic E-state index is 0. The maximum absolute atomic E-state index is 7.71. The second-order valence-corrected chi connectivity index (χ2v) is 3.66. The topological polar surface area (TPSA) is 47.6 Å². The Bertz CT molecular complexity index is 203. The number of rotatable bonds is 0. The molecule has 0 bridgehead atoms. The van der Waals surface area contributed by atoms with Gasteiger partial charge < -0.3 is 0 Å². The van der Waals surface area contributed by atoms with Gasteiger partial charge in [-0.3, -0.25) is 0 Å². The average molecular weight is 206 g/mol. The Hall–Kier alpha value is 0.160. The molecule has 1 aliphatic heterocycles. The van der Waals surface area contributed by atoms with Crippen molar-refractivity contribution in [1.82, 2.24) is 0 Å². The van der Waals surface area contributed by atoms with Crippen molar-refractivity contribution in [2.45, 2.75) is 0 Å². The van der Waals surface area contributed by atoms with Crippen LogP contribution in [0, 0.1) is 22.7 Å². The number of nitrogens with zero attached hydrogens (tertiary/aromatic N) is 2. The molecule has 0 spiro atoms. The molecule has 0 aliphatic carbocycles. The van der Waals surface area contributed by atoms with E-state index in [-0.39, 0.29) is 29.6 Å². The van der Waals surface area contributed by atoms with Gasteiger partial charge in [0.25, 0.3) is 0 Å². The van der Waals surface area contributed by atoms with E-state index >= 15 is 0 Å². The molecule has 0 atom stereocenters. The second-order valence-electron chi connectivity index (χ2n) is 1.34. The molecule has 0 aromatic rings. The Kier molecular flexibility index (Phi) is 16.8. The molecule has 0 radical (unpaired) electrons. The van der Waals surface area contributed by atoms with Gasteiger partial charge in [-0.1, -0.05) is 27.7 Å². The zero-order chi connectivity index (χ0) is 8.36. The molecule has 58 valence electrons. The molecule has 12 heavy (non-hydrogen) atoms. The predicted molar refractivity (Wildman–Crippen MR) is 56.7 cm³/mol. The molecule has 1 rings (SSSR count). The van der Waals surface area contributed by atoms with Gasteiger partial charge in [-0.25, -0.2) is 0 Å². The zero-order valence-corrected chi connectivity index (χ0v) is 7.36.